The summed E-state index contributed by atoms with van der Waals surface area (Å²) in [4.78, 5) is 7.42. The molecule has 0 saturated carbocycles. The number of imidazole rings is 1. The Bertz CT molecular complexity index is 1080. The van der Waals surface area contributed by atoms with Gasteiger partial charge in [-0.2, -0.15) is 13.2 Å². The molecule has 0 aliphatic heterocycles. The molecule has 4 rings (SSSR count). The molecule has 0 saturated heterocycles. The van der Waals surface area contributed by atoms with Crippen LogP contribution in [0.2, 0.25) is 0 Å². The number of nitrogens with one attached hydrogen (secondary N) is 1. The number of hydrogen-bond acceptors (Lipinski definition) is 3. The van der Waals surface area contributed by atoms with Crippen LogP contribution in [0.25, 0.3) is 33.7 Å². The number of benzene rings is 2. The summed E-state index contributed by atoms with van der Waals surface area (Å²) in [6, 6.07) is 12.1. The van der Waals surface area contributed by atoms with Gasteiger partial charge >= 0.3 is 35.7 Å². The molecule has 4 aromatic rings. The Labute approximate surface area is 177 Å². The second kappa shape index (κ2) is 7.19. The summed E-state index contributed by atoms with van der Waals surface area (Å²) in [6.07, 6.45) is -4.42. The van der Waals surface area contributed by atoms with Crippen molar-refractivity contribution in [3.63, 3.8) is 0 Å². The number of nitrogens with zero attached hydrogens (tertiary/aromatic N) is 2. The number of alkyl halides is 3. The minimum atomic E-state index is -4.42. The molecule has 0 atom stereocenters. The van der Waals surface area contributed by atoms with Crippen LogP contribution in [-0.4, -0.2) is 15.1 Å². The Morgan fingerprint density at radius 1 is 1.08 bits per heavy atom. The van der Waals surface area contributed by atoms with E-state index in [9.17, 15) is 13.2 Å². The molecule has 0 spiro atoms. The summed E-state index contributed by atoms with van der Waals surface area (Å²) < 4.78 is 45.3. The van der Waals surface area contributed by atoms with Crippen molar-refractivity contribution in [3.05, 3.63) is 58.7 Å². The summed E-state index contributed by atoms with van der Waals surface area (Å²) in [7, 11) is 0. The molecular formula is C17H10BrF3N3NaO. The zero-order valence-corrected chi connectivity index (χ0v) is 17.0. The maximum absolute atomic E-state index is 13.2. The van der Waals surface area contributed by atoms with E-state index in [2.05, 4.69) is 31.1 Å². The SMILES string of the molecule is FC(F)(F)c1ccccc1-c1ccc2nc(-c3cc(Br)no3)[nH]c2c1.[H-].[Na+]. The standard InChI is InChI=1S/C17H9BrF3N3O.Na.H/c18-15-8-14(25-24-15)16-22-12-6-5-9(7-13(12)23-16)10-3-1-2-4-11(10)17(19,20)21;;/h1-8H,(H,22,23);;/q;+1;-1. The first-order valence-corrected chi connectivity index (χ1v) is 8.00. The van der Waals surface area contributed by atoms with E-state index in [0.717, 1.165) is 6.07 Å². The van der Waals surface area contributed by atoms with Crippen LogP contribution in [0.3, 0.4) is 0 Å². The van der Waals surface area contributed by atoms with Crippen LogP contribution in [0.1, 0.15) is 6.99 Å². The summed E-state index contributed by atoms with van der Waals surface area (Å²) >= 11 is 3.19. The predicted molar refractivity (Wildman–Crippen MR) is 90.8 cm³/mol. The smallest absolute Gasteiger partial charge is 1.00 e. The molecule has 128 valence electrons. The van der Waals surface area contributed by atoms with E-state index in [0.29, 0.717) is 32.8 Å². The van der Waals surface area contributed by atoms with Crippen LogP contribution in [0, 0.1) is 0 Å². The number of aromatic nitrogens is 3. The topological polar surface area (TPSA) is 54.7 Å². The van der Waals surface area contributed by atoms with E-state index in [1.54, 1.807) is 30.3 Å². The quantitative estimate of drug-likeness (QED) is 0.496. The van der Waals surface area contributed by atoms with Gasteiger partial charge in [-0.1, -0.05) is 29.4 Å². The van der Waals surface area contributed by atoms with E-state index in [1.165, 1.54) is 12.1 Å². The van der Waals surface area contributed by atoms with Gasteiger partial charge in [-0.15, -0.1) is 0 Å². The molecule has 0 unspecified atom stereocenters. The number of rotatable bonds is 2. The Balaban J connectivity index is 0.00000131. The van der Waals surface area contributed by atoms with Crippen molar-refractivity contribution < 1.29 is 48.7 Å². The van der Waals surface area contributed by atoms with Gasteiger partial charge in [0.15, 0.2) is 5.82 Å². The van der Waals surface area contributed by atoms with Crippen LogP contribution in [0.5, 0.6) is 0 Å². The summed E-state index contributed by atoms with van der Waals surface area (Å²) in [5.74, 6) is 0.884. The first kappa shape index (κ1) is 19.2. The van der Waals surface area contributed by atoms with Crippen molar-refractivity contribution in [2.45, 2.75) is 6.18 Å². The number of hydrogen-bond donors (Lipinski definition) is 1. The molecule has 4 nitrogen and oxygen atoms in total. The zero-order chi connectivity index (χ0) is 17.6. The molecule has 0 amide bonds. The van der Waals surface area contributed by atoms with Crippen LogP contribution >= 0.6 is 15.9 Å². The van der Waals surface area contributed by atoms with Gasteiger partial charge in [0, 0.05) is 6.07 Å². The largest absolute Gasteiger partial charge is 1.00 e. The molecule has 2 aromatic carbocycles. The Morgan fingerprint density at radius 2 is 1.85 bits per heavy atom. The molecule has 26 heavy (non-hydrogen) atoms. The third-order valence-corrected chi connectivity index (χ3v) is 4.11. The van der Waals surface area contributed by atoms with Crippen molar-refractivity contribution in [3.8, 4) is 22.7 Å². The van der Waals surface area contributed by atoms with Crippen LogP contribution in [-0.2, 0) is 6.18 Å². The molecule has 2 aromatic heterocycles. The van der Waals surface area contributed by atoms with Crippen molar-refractivity contribution in [2.75, 3.05) is 0 Å². The minimum Gasteiger partial charge on any atom is -1.00 e. The average molecular weight is 432 g/mol. The van der Waals surface area contributed by atoms with Crippen LogP contribution in [0.15, 0.2) is 57.7 Å². The van der Waals surface area contributed by atoms with E-state index < -0.39 is 11.7 Å². The summed E-state index contributed by atoms with van der Waals surface area (Å²) in [6.45, 7) is 0. The normalized spacial score (nSPS) is 11.5. The predicted octanol–water partition coefficient (Wildman–Crippen LogP) is 2.78. The van der Waals surface area contributed by atoms with Crippen molar-refractivity contribution >= 4 is 27.0 Å². The monoisotopic (exact) mass is 431 g/mol. The van der Waals surface area contributed by atoms with Gasteiger partial charge in [0.2, 0.25) is 5.76 Å². The first-order chi connectivity index (χ1) is 11.9. The Hall–Kier alpha value is -1.61. The average Bonchev–Trinajstić information content (AvgIpc) is 3.19. The fourth-order valence-corrected chi connectivity index (χ4v) is 2.92. The molecule has 0 fully saturated rings. The first-order valence-electron chi connectivity index (χ1n) is 7.21. The number of aromatic amines is 1. The number of H-pyrrole nitrogens is 1. The van der Waals surface area contributed by atoms with Crippen molar-refractivity contribution in [1.82, 2.24) is 15.1 Å². The van der Waals surface area contributed by atoms with Gasteiger partial charge < -0.3 is 10.9 Å². The fourth-order valence-electron chi connectivity index (χ4n) is 2.64. The third kappa shape index (κ3) is 3.59. The van der Waals surface area contributed by atoms with Gasteiger partial charge in [0.1, 0.15) is 4.60 Å². The third-order valence-electron chi connectivity index (χ3n) is 3.74. The number of halogens is 4. The molecular weight excluding hydrogens is 422 g/mol. The molecule has 9 heteroatoms. The van der Waals surface area contributed by atoms with Gasteiger partial charge in [0.05, 0.1) is 16.6 Å². The van der Waals surface area contributed by atoms with Crippen LogP contribution in [0.4, 0.5) is 13.2 Å². The minimum absolute atomic E-state index is 0. The van der Waals surface area contributed by atoms with E-state index in [4.69, 9.17) is 4.52 Å². The van der Waals surface area contributed by atoms with Crippen molar-refractivity contribution in [1.29, 1.82) is 0 Å². The second-order valence-electron chi connectivity index (χ2n) is 5.37. The van der Waals surface area contributed by atoms with E-state index in [1.807, 2.05) is 0 Å². The maximum Gasteiger partial charge on any atom is 1.00 e. The van der Waals surface area contributed by atoms with Crippen molar-refractivity contribution in [2.24, 2.45) is 0 Å². The van der Waals surface area contributed by atoms with E-state index >= 15 is 0 Å². The fraction of sp³-hybridized carbons (Fsp3) is 0.0588. The Kier molecular flexibility index (Phi) is 5.30. The number of fused-ring (bicyclic) bond motifs is 1. The van der Waals surface area contributed by atoms with Gasteiger partial charge in [-0.3, -0.25) is 0 Å². The second-order valence-corrected chi connectivity index (χ2v) is 6.19. The summed E-state index contributed by atoms with van der Waals surface area (Å²) in [5.41, 5.74) is 1.13. The van der Waals surface area contributed by atoms with Gasteiger partial charge in [-0.25, -0.2) is 4.98 Å². The van der Waals surface area contributed by atoms with E-state index in [-0.39, 0.29) is 36.5 Å². The maximum atomic E-state index is 13.2. The molecule has 2 heterocycles. The molecule has 0 aliphatic carbocycles. The van der Waals surface area contributed by atoms with Crippen LogP contribution < -0.4 is 29.6 Å². The molecule has 1 N–H and O–H groups in total. The molecule has 0 radical (unpaired) electrons. The van der Waals surface area contributed by atoms with Gasteiger partial charge in [-0.05, 0) is 45.3 Å². The summed E-state index contributed by atoms with van der Waals surface area (Å²) in [5, 5.41) is 3.72. The zero-order valence-electron chi connectivity index (χ0n) is 14.4. The van der Waals surface area contributed by atoms with Gasteiger partial charge in [0.25, 0.3) is 0 Å². The Morgan fingerprint density at radius 3 is 2.54 bits per heavy atom. The molecule has 0 bridgehead atoms. The molecule has 0 aliphatic rings.